The fourth-order valence-electron chi connectivity index (χ4n) is 3.24. The molecule has 0 saturated carbocycles. The molecule has 0 spiro atoms. The van der Waals surface area contributed by atoms with Gasteiger partial charge in [0.25, 0.3) is 5.91 Å². The minimum absolute atomic E-state index is 0.0241. The predicted molar refractivity (Wildman–Crippen MR) is 94.5 cm³/mol. The number of rotatable bonds is 6. The molecule has 0 radical (unpaired) electrons. The quantitative estimate of drug-likeness (QED) is 0.803. The molecule has 134 valence electrons. The summed E-state index contributed by atoms with van der Waals surface area (Å²) in [6.07, 6.45) is 4.17. The smallest absolute Gasteiger partial charge is 0.256 e. The van der Waals surface area contributed by atoms with E-state index in [2.05, 4.69) is 33.9 Å². The van der Waals surface area contributed by atoms with Gasteiger partial charge < -0.3 is 14.3 Å². The molecule has 0 unspecified atom stereocenters. The van der Waals surface area contributed by atoms with Gasteiger partial charge in [0.05, 0.1) is 11.6 Å². The van der Waals surface area contributed by atoms with E-state index in [1.165, 1.54) is 0 Å². The summed E-state index contributed by atoms with van der Waals surface area (Å²) in [7, 11) is 0. The maximum atomic E-state index is 12.9. The molecule has 7 heteroatoms. The third kappa shape index (κ3) is 3.50. The van der Waals surface area contributed by atoms with Gasteiger partial charge in [0.2, 0.25) is 5.89 Å². The van der Waals surface area contributed by atoms with Crippen LogP contribution in [-0.2, 0) is 6.42 Å². The summed E-state index contributed by atoms with van der Waals surface area (Å²) in [6.45, 7) is 8.64. The normalized spacial score (nSPS) is 17.1. The number of likely N-dealkylation sites (tertiary alicyclic amines) is 1. The van der Waals surface area contributed by atoms with Crippen LogP contribution in [0.15, 0.2) is 22.9 Å². The molecule has 2 aromatic heterocycles. The second-order valence-electron chi connectivity index (χ2n) is 6.13. The van der Waals surface area contributed by atoms with Crippen LogP contribution in [0.4, 0.5) is 5.82 Å². The molecule has 0 N–H and O–H groups in total. The van der Waals surface area contributed by atoms with Gasteiger partial charge in [-0.05, 0) is 38.8 Å². The summed E-state index contributed by atoms with van der Waals surface area (Å²) in [5.41, 5.74) is 0.599. The average molecular weight is 343 g/mol. The van der Waals surface area contributed by atoms with Crippen LogP contribution in [0.1, 0.15) is 61.7 Å². The van der Waals surface area contributed by atoms with E-state index in [4.69, 9.17) is 4.52 Å². The van der Waals surface area contributed by atoms with Crippen LogP contribution >= 0.6 is 0 Å². The van der Waals surface area contributed by atoms with Gasteiger partial charge in [0, 0.05) is 32.3 Å². The lowest BCUT2D eigenvalue weighted by atomic mass is 10.2. The summed E-state index contributed by atoms with van der Waals surface area (Å²) < 4.78 is 5.21. The first-order chi connectivity index (χ1) is 12.2. The minimum atomic E-state index is -0.112. The number of anilines is 1. The molecule has 1 amide bonds. The Morgan fingerprint density at radius 2 is 2.12 bits per heavy atom. The third-order valence-electron chi connectivity index (χ3n) is 4.68. The zero-order chi connectivity index (χ0) is 17.8. The van der Waals surface area contributed by atoms with Crippen molar-refractivity contribution in [3.05, 3.63) is 35.6 Å². The molecule has 2 aromatic rings. The van der Waals surface area contributed by atoms with Crippen LogP contribution < -0.4 is 4.90 Å². The number of carbonyl (C=O) groups is 1. The maximum Gasteiger partial charge on any atom is 0.256 e. The lowest BCUT2D eigenvalue weighted by Crippen LogP contribution is -2.31. The second-order valence-corrected chi connectivity index (χ2v) is 6.13. The number of amides is 1. The molecular formula is C18H25N5O2. The molecule has 1 saturated heterocycles. The Kier molecular flexibility index (Phi) is 5.31. The lowest BCUT2D eigenvalue weighted by molar-refractivity contribution is 0.0728. The van der Waals surface area contributed by atoms with Gasteiger partial charge >= 0.3 is 0 Å². The fourth-order valence-corrected chi connectivity index (χ4v) is 3.24. The van der Waals surface area contributed by atoms with Crippen molar-refractivity contribution in [2.24, 2.45) is 0 Å². The second kappa shape index (κ2) is 7.63. The highest BCUT2D eigenvalue weighted by atomic mass is 16.5. The predicted octanol–water partition coefficient (Wildman–Crippen LogP) is 2.85. The van der Waals surface area contributed by atoms with Crippen molar-refractivity contribution >= 4 is 11.7 Å². The van der Waals surface area contributed by atoms with Gasteiger partial charge in [0.15, 0.2) is 5.82 Å². The molecule has 1 aliphatic heterocycles. The summed E-state index contributed by atoms with van der Waals surface area (Å²) in [5.74, 6) is 2.09. The Balaban J connectivity index is 1.77. The summed E-state index contributed by atoms with van der Waals surface area (Å²) in [5, 5.41) is 4.05. The fraction of sp³-hybridized carbons (Fsp3) is 0.556. The molecule has 3 heterocycles. The van der Waals surface area contributed by atoms with Crippen molar-refractivity contribution in [2.45, 2.75) is 46.1 Å². The number of pyridine rings is 1. The first kappa shape index (κ1) is 17.4. The average Bonchev–Trinajstić information content (AvgIpc) is 3.31. The zero-order valence-electron chi connectivity index (χ0n) is 15.1. The Bertz CT molecular complexity index is 709. The summed E-state index contributed by atoms with van der Waals surface area (Å²) in [4.78, 5) is 25.8. The Labute approximate surface area is 148 Å². The van der Waals surface area contributed by atoms with Crippen molar-refractivity contribution < 1.29 is 9.32 Å². The number of aryl methyl sites for hydroxylation is 1. The zero-order valence-corrected chi connectivity index (χ0v) is 15.1. The van der Waals surface area contributed by atoms with Gasteiger partial charge in [-0.25, -0.2) is 4.98 Å². The molecule has 1 fully saturated rings. The summed E-state index contributed by atoms with van der Waals surface area (Å²) in [6, 6.07) is 3.65. The number of hydrogen-bond acceptors (Lipinski definition) is 6. The standard InChI is InChI=1S/C18H25N5O2/c1-4-16-20-17(21-25-16)14-8-7-11-23(14)18(24)13-9-10-15(19-12-13)22(5-2)6-3/h9-10,12,14H,4-8,11H2,1-3H3/t14-/m0/s1. The van der Waals surface area contributed by atoms with Gasteiger partial charge in [-0.15, -0.1) is 0 Å². The molecule has 3 rings (SSSR count). The van der Waals surface area contributed by atoms with Crippen molar-refractivity contribution in [1.82, 2.24) is 20.0 Å². The highest BCUT2D eigenvalue weighted by molar-refractivity contribution is 5.94. The van der Waals surface area contributed by atoms with E-state index in [1.54, 1.807) is 6.20 Å². The highest BCUT2D eigenvalue weighted by Gasteiger charge is 2.34. The SMILES string of the molecule is CCc1nc([C@@H]2CCCN2C(=O)c2ccc(N(CC)CC)nc2)no1. The van der Waals surface area contributed by atoms with E-state index < -0.39 is 0 Å². The third-order valence-corrected chi connectivity index (χ3v) is 4.68. The van der Waals surface area contributed by atoms with Crippen molar-refractivity contribution in [2.75, 3.05) is 24.5 Å². The molecule has 0 bridgehead atoms. The van der Waals surface area contributed by atoms with Gasteiger partial charge in [0.1, 0.15) is 5.82 Å². The highest BCUT2D eigenvalue weighted by Crippen LogP contribution is 2.31. The van der Waals surface area contributed by atoms with E-state index >= 15 is 0 Å². The van der Waals surface area contributed by atoms with Crippen LogP contribution in [0.5, 0.6) is 0 Å². The molecule has 0 aromatic carbocycles. The van der Waals surface area contributed by atoms with Gasteiger partial charge in [-0.2, -0.15) is 4.98 Å². The van der Waals surface area contributed by atoms with Crippen LogP contribution in [0.25, 0.3) is 0 Å². The minimum Gasteiger partial charge on any atom is -0.357 e. The molecule has 0 aliphatic carbocycles. The maximum absolute atomic E-state index is 12.9. The van der Waals surface area contributed by atoms with Gasteiger partial charge in [-0.3, -0.25) is 4.79 Å². The molecule has 1 aliphatic rings. The molecule has 1 atom stereocenters. The number of aromatic nitrogens is 3. The Morgan fingerprint density at radius 1 is 1.32 bits per heavy atom. The number of nitrogens with zero attached hydrogens (tertiary/aromatic N) is 5. The van der Waals surface area contributed by atoms with E-state index in [0.29, 0.717) is 30.2 Å². The first-order valence-corrected chi connectivity index (χ1v) is 9.02. The molecule has 7 nitrogen and oxygen atoms in total. The van der Waals surface area contributed by atoms with Crippen molar-refractivity contribution in [1.29, 1.82) is 0 Å². The van der Waals surface area contributed by atoms with E-state index in [-0.39, 0.29) is 11.9 Å². The first-order valence-electron chi connectivity index (χ1n) is 9.02. The number of hydrogen-bond donors (Lipinski definition) is 0. The van der Waals surface area contributed by atoms with Crippen LogP contribution in [0.2, 0.25) is 0 Å². The van der Waals surface area contributed by atoms with Crippen LogP contribution in [0, 0.1) is 0 Å². The van der Waals surface area contributed by atoms with E-state index in [1.807, 2.05) is 24.0 Å². The Hall–Kier alpha value is -2.44. The lowest BCUT2D eigenvalue weighted by Gasteiger charge is -2.23. The van der Waals surface area contributed by atoms with Crippen LogP contribution in [0.3, 0.4) is 0 Å². The van der Waals surface area contributed by atoms with E-state index in [9.17, 15) is 4.79 Å². The topological polar surface area (TPSA) is 75.4 Å². The Morgan fingerprint density at radius 3 is 2.72 bits per heavy atom. The van der Waals surface area contributed by atoms with Crippen LogP contribution in [-0.4, -0.2) is 45.6 Å². The molecule has 25 heavy (non-hydrogen) atoms. The monoisotopic (exact) mass is 343 g/mol. The largest absolute Gasteiger partial charge is 0.357 e. The van der Waals surface area contributed by atoms with Gasteiger partial charge in [-0.1, -0.05) is 12.1 Å². The molecular weight excluding hydrogens is 318 g/mol. The summed E-state index contributed by atoms with van der Waals surface area (Å²) >= 11 is 0. The van der Waals surface area contributed by atoms with E-state index in [0.717, 1.165) is 31.7 Å². The van der Waals surface area contributed by atoms with Crippen molar-refractivity contribution in [3.8, 4) is 0 Å². The number of carbonyl (C=O) groups excluding carboxylic acids is 1. The van der Waals surface area contributed by atoms with Crippen molar-refractivity contribution in [3.63, 3.8) is 0 Å².